The van der Waals surface area contributed by atoms with Crippen molar-refractivity contribution in [2.75, 3.05) is 46.4 Å². The normalized spacial score (nSPS) is 17.5. The van der Waals surface area contributed by atoms with Crippen LogP contribution in [0.25, 0.3) is 28.1 Å². The number of nitrogens with zero attached hydrogens (tertiary/aromatic N) is 4. The third kappa shape index (κ3) is 12.0. The second kappa shape index (κ2) is 23.5. The number of nitriles is 1. The minimum Gasteiger partial charge on any atom is -0.492 e. The number of hydrogen-bond acceptors (Lipinski definition) is 13. The van der Waals surface area contributed by atoms with Crippen molar-refractivity contribution < 1.29 is 33.4 Å². The number of fused-ring (bicyclic) bond motifs is 5. The third-order valence-electron chi connectivity index (χ3n) is 11.9. The van der Waals surface area contributed by atoms with E-state index in [0.717, 1.165) is 24.0 Å². The summed E-state index contributed by atoms with van der Waals surface area (Å²) in [6.07, 6.45) is 6.78. The van der Waals surface area contributed by atoms with Crippen LogP contribution in [0.1, 0.15) is 83.5 Å². The lowest BCUT2D eigenvalue weighted by Crippen LogP contribution is -2.56. The van der Waals surface area contributed by atoms with E-state index in [9.17, 15) is 29.2 Å². The lowest BCUT2D eigenvalue weighted by atomic mass is 9.93. The molecule has 0 spiro atoms. The van der Waals surface area contributed by atoms with Gasteiger partial charge in [-0.1, -0.05) is 42.5 Å². The number of aryl methyl sites for hydroxylation is 2. The van der Waals surface area contributed by atoms with E-state index in [1.54, 1.807) is 50.2 Å². The zero-order valence-corrected chi connectivity index (χ0v) is 39.0. The Morgan fingerprint density at radius 3 is 2.13 bits per heavy atom. The molecule has 18 heteroatoms. The van der Waals surface area contributed by atoms with Crippen LogP contribution in [0.5, 0.6) is 11.5 Å². The Balaban J connectivity index is 1.36. The fourth-order valence-electron chi connectivity index (χ4n) is 8.47. The van der Waals surface area contributed by atoms with Gasteiger partial charge >= 0.3 is 0 Å². The van der Waals surface area contributed by atoms with Crippen molar-refractivity contribution in [3.63, 3.8) is 0 Å². The molecular weight excluding hydrogens is 867 g/mol. The number of likely N-dealkylation sites (N-methyl/N-ethyl adjacent to an activating group) is 1. The van der Waals surface area contributed by atoms with Gasteiger partial charge in [-0.25, -0.2) is 9.97 Å². The maximum Gasteiger partial charge on any atom is 0.255 e. The van der Waals surface area contributed by atoms with Gasteiger partial charge in [-0.05, 0) is 106 Å². The number of hydrogen-bond donors (Lipinski definition) is 7. The quantitative estimate of drug-likeness (QED) is 0.0798. The van der Waals surface area contributed by atoms with Crippen molar-refractivity contribution >= 4 is 35.1 Å². The van der Waals surface area contributed by atoms with Crippen molar-refractivity contribution in [2.45, 2.75) is 83.5 Å². The molecule has 0 saturated heterocycles. The molecule has 0 unspecified atom stereocenters. The zero-order valence-electron chi connectivity index (χ0n) is 39.0. The van der Waals surface area contributed by atoms with Crippen LogP contribution in [0.4, 0.5) is 0 Å². The van der Waals surface area contributed by atoms with Crippen LogP contribution in [0.2, 0.25) is 0 Å². The Morgan fingerprint density at radius 2 is 1.51 bits per heavy atom. The molecule has 68 heavy (non-hydrogen) atoms. The van der Waals surface area contributed by atoms with Crippen LogP contribution in [0, 0.1) is 25.2 Å². The summed E-state index contributed by atoms with van der Waals surface area (Å²) in [4.78, 5) is 81.3. The number of amides is 5. The number of allylic oxidation sites excluding steroid dienone is 2. The molecule has 4 atom stereocenters. The molecule has 6 rings (SSSR count). The van der Waals surface area contributed by atoms with Crippen LogP contribution in [-0.2, 0) is 25.6 Å². The SMILES string of the molecule is Cc1nc(-c2ccc(C3=CCCCC3)cc2)nc(C)c1C(=O)N[C@@H](CCN)C(=O)N(C)[C@@H]1C(=O)N[C@@H](C)C(=O)N[C@H](C(=O)NCC#N)Cc2ccc(OCCN)c(c2)-c2cc1ccc2OCCN. The Hall–Kier alpha value is -7.20. The highest BCUT2D eigenvalue weighted by Gasteiger charge is 2.36. The highest BCUT2D eigenvalue weighted by atomic mass is 16.5. The number of benzene rings is 3. The van der Waals surface area contributed by atoms with Gasteiger partial charge in [0.05, 0.1) is 23.0 Å². The molecule has 3 aromatic carbocycles. The molecule has 0 radical (unpaired) electrons. The van der Waals surface area contributed by atoms with Crippen LogP contribution in [-0.4, -0.2) is 109 Å². The number of carbonyl (C=O) groups is 5. The number of ether oxygens (including phenoxy) is 2. The van der Waals surface area contributed by atoms with E-state index >= 15 is 0 Å². The number of nitrogens with one attached hydrogen (secondary N) is 4. The first kappa shape index (κ1) is 50.2. The summed E-state index contributed by atoms with van der Waals surface area (Å²) in [5.41, 5.74) is 23.9. The molecule has 1 aliphatic heterocycles. The highest BCUT2D eigenvalue weighted by Crippen LogP contribution is 2.40. The van der Waals surface area contributed by atoms with Gasteiger partial charge in [-0.3, -0.25) is 24.0 Å². The molecule has 4 bridgehead atoms. The second-order valence-electron chi connectivity index (χ2n) is 16.8. The number of aromatic nitrogens is 2. The molecule has 358 valence electrons. The molecule has 5 amide bonds. The second-order valence-corrected chi connectivity index (χ2v) is 16.8. The van der Waals surface area contributed by atoms with E-state index in [0.29, 0.717) is 51.0 Å². The summed E-state index contributed by atoms with van der Waals surface area (Å²) in [6.45, 7) is 5.23. The Labute approximate surface area is 396 Å². The monoisotopic (exact) mass is 927 g/mol. The molecule has 1 aliphatic carbocycles. The van der Waals surface area contributed by atoms with E-state index in [1.165, 1.54) is 37.3 Å². The smallest absolute Gasteiger partial charge is 0.255 e. The topological polar surface area (TPSA) is 283 Å². The van der Waals surface area contributed by atoms with Crippen molar-refractivity contribution in [3.05, 3.63) is 100 Å². The van der Waals surface area contributed by atoms with Crippen LogP contribution in [0.15, 0.2) is 66.7 Å². The molecule has 18 nitrogen and oxygen atoms in total. The van der Waals surface area contributed by atoms with Gasteiger partial charge < -0.3 is 52.8 Å². The average molecular weight is 928 g/mol. The van der Waals surface area contributed by atoms with Crippen LogP contribution in [0.3, 0.4) is 0 Å². The van der Waals surface area contributed by atoms with E-state index in [2.05, 4.69) is 39.5 Å². The minimum absolute atomic E-state index is 0.00124. The first-order valence-corrected chi connectivity index (χ1v) is 22.9. The summed E-state index contributed by atoms with van der Waals surface area (Å²) in [6, 6.07) is 15.1. The Kier molecular flexibility index (Phi) is 17.4. The standard InChI is InChI=1S/C50H61N11O7/c1-29-43(30(2)57-45(56-29)35-13-11-34(12-14-35)33-8-6-5-7-9-33)48(64)59-39(18-19-51)50(66)61(4)44-36-15-17-42(68-25-22-54)38(28-36)37-26-32(10-16-41(37)67-24-21-53)27-40(47(63)55-23-20-52)60-46(62)31(3)58-49(44)65/h8,10-17,26,28,31,39-40,44H,5-7,9,18-19,21-25,27,51,53-54H2,1-4H3,(H,55,63)(H,58,65)(H,59,64)(H,60,62)/t31-,39-,40-,44-/m0/s1. The fourth-order valence-corrected chi connectivity index (χ4v) is 8.47. The van der Waals surface area contributed by atoms with Gasteiger partial charge in [-0.2, -0.15) is 5.26 Å². The summed E-state index contributed by atoms with van der Waals surface area (Å²) < 4.78 is 12.2. The maximum absolute atomic E-state index is 14.8. The Bertz CT molecular complexity index is 2550. The number of rotatable bonds is 16. The molecule has 2 heterocycles. The van der Waals surface area contributed by atoms with Crippen LogP contribution >= 0.6 is 0 Å². The third-order valence-corrected chi connectivity index (χ3v) is 11.9. The lowest BCUT2D eigenvalue weighted by molar-refractivity contribution is -0.141. The average Bonchev–Trinajstić information content (AvgIpc) is 3.33. The van der Waals surface area contributed by atoms with Gasteiger partial charge in [0.15, 0.2) is 5.82 Å². The van der Waals surface area contributed by atoms with E-state index in [1.807, 2.05) is 18.2 Å². The summed E-state index contributed by atoms with van der Waals surface area (Å²) in [5.74, 6) is -2.10. The maximum atomic E-state index is 14.8. The minimum atomic E-state index is -1.40. The summed E-state index contributed by atoms with van der Waals surface area (Å²) in [5, 5.41) is 20.0. The first-order valence-electron chi connectivity index (χ1n) is 22.9. The van der Waals surface area contributed by atoms with Crippen molar-refractivity contribution in [1.29, 1.82) is 5.26 Å². The van der Waals surface area contributed by atoms with Gasteiger partial charge in [0.25, 0.3) is 5.91 Å². The van der Waals surface area contributed by atoms with Crippen LogP contribution < -0.4 is 47.9 Å². The molecular formula is C50H61N11O7. The molecule has 4 aromatic rings. The molecule has 1 aromatic heterocycles. The molecule has 0 saturated carbocycles. The Morgan fingerprint density at radius 1 is 0.868 bits per heavy atom. The van der Waals surface area contributed by atoms with Gasteiger partial charge in [0, 0.05) is 43.2 Å². The number of nitrogens with two attached hydrogens (primary N) is 3. The predicted molar refractivity (Wildman–Crippen MR) is 257 cm³/mol. The predicted octanol–water partition coefficient (Wildman–Crippen LogP) is 2.89. The van der Waals surface area contributed by atoms with Gasteiger partial charge in [-0.15, -0.1) is 0 Å². The fraction of sp³-hybridized carbons (Fsp3) is 0.400. The summed E-state index contributed by atoms with van der Waals surface area (Å²) in [7, 11) is 1.42. The van der Waals surface area contributed by atoms with Crippen molar-refractivity contribution in [2.24, 2.45) is 17.2 Å². The van der Waals surface area contributed by atoms with Crippen molar-refractivity contribution in [3.8, 4) is 40.1 Å². The van der Waals surface area contributed by atoms with E-state index < -0.39 is 53.7 Å². The molecule has 0 fully saturated rings. The zero-order chi connectivity index (χ0) is 48.9. The summed E-state index contributed by atoms with van der Waals surface area (Å²) >= 11 is 0. The van der Waals surface area contributed by atoms with E-state index in [4.69, 9.17) is 36.6 Å². The van der Waals surface area contributed by atoms with Crippen molar-refractivity contribution in [1.82, 2.24) is 36.1 Å². The molecule has 10 N–H and O–H groups in total. The first-order chi connectivity index (χ1) is 32.8. The van der Waals surface area contributed by atoms with Gasteiger partial charge in [0.2, 0.25) is 23.6 Å². The molecule has 2 aliphatic rings. The highest BCUT2D eigenvalue weighted by molar-refractivity contribution is 6.00. The largest absolute Gasteiger partial charge is 0.492 e. The van der Waals surface area contributed by atoms with E-state index in [-0.39, 0.29) is 57.8 Å². The number of carbonyl (C=O) groups excluding carboxylic acids is 5. The van der Waals surface area contributed by atoms with Gasteiger partial charge in [0.1, 0.15) is 55.4 Å². The lowest BCUT2D eigenvalue weighted by Gasteiger charge is -2.32.